The Morgan fingerprint density at radius 2 is 1.84 bits per heavy atom. The Hall–Kier alpha value is -2.78. The fraction of sp³-hybridized carbons (Fsp3) is 0.0952. The van der Waals surface area contributed by atoms with Gasteiger partial charge in [-0.2, -0.15) is 0 Å². The van der Waals surface area contributed by atoms with Crippen LogP contribution >= 0.6 is 11.6 Å². The van der Waals surface area contributed by atoms with Gasteiger partial charge in [0.25, 0.3) is 0 Å². The maximum atomic E-state index is 12.1. The summed E-state index contributed by atoms with van der Waals surface area (Å²) >= 11 is 5.82. The summed E-state index contributed by atoms with van der Waals surface area (Å²) in [7, 11) is 0. The molecule has 3 nitrogen and oxygen atoms in total. The van der Waals surface area contributed by atoms with E-state index in [4.69, 9.17) is 20.8 Å². The molecule has 0 bridgehead atoms. The van der Waals surface area contributed by atoms with Crippen molar-refractivity contribution >= 4 is 23.5 Å². The van der Waals surface area contributed by atoms with Crippen LogP contribution in [0.3, 0.4) is 0 Å². The molecule has 0 unspecified atom stereocenters. The van der Waals surface area contributed by atoms with Crippen molar-refractivity contribution in [3.8, 4) is 5.75 Å². The van der Waals surface area contributed by atoms with Crippen LogP contribution in [0.15, 0.2) is 71.2 Å². The number of aryl methyl sites for hydroxylation is 1. The van der Waals surface area contributed by atoms with Gasteiger partial charge in [0, 0.05) is 10.6 Å². The van der Waals surface area contributed by atoms with Gasteiger partial charge in [-0.3, -0.25) is 4.79 Å². The summed E-state index contributed by atoms with van der Waals surface area (Å²) in [5.41, 5.74) is 1.65. The highest BCUT2D eigenvalue weighted by atomic mass is 35.5. The Labute approximate surface area is 151 Å². The van der Waals surface area contributed by atoms with Gasteiger partial charge in [0.15, 0.2) is 5.78 Å². The van der Waals surface area contributed by atoms with Crippen molar-refractivity contribution in [2.24, 2.45) is 0 Å². The van der Waals surface area contributed by atoms with Crippen LogP contribution in [-0.2, 0) is 6.61 Å². The van der Waals surface area contributed by atoms with E-state index in [9.17, 15) is 4.79 Å². The normalized spacial score (nSPS) is 11.0. The van der Waals surface area contributed by atoms with Crippen molar-refractivity contribution in [2.45, 2.75) is 13.5 Å². The molecule has 0 atom stereocenters. The summed E-state index contributed by atoms with van der Waals surface area (Å²) in [5.74, 6) is 2.02. The Morgan fingerprint density at radius 1 is 1.08 bits per heavy atom. The molecule has 25 heavy (non-hydrogen) atoms. The number of ketones is 1. The number of allylic oxidation sites excluding steroid dienone is 1. The average molecular weight is 353 g/mol. The van der Waals surface area contributed by atoms with E-state index in [-0.39, 0.29) is 5.78 Å². The lowest BCUT2D eigenvalue weighted by Gasteiger charge is -2.06. The summed E-state index contributed by atoms with van der Waals surface area (Å²) in [6, 6.07) is 18.2. The minimum atomic E-state index is -0.106. The summed E-state index contributed by atoms with van der Waals surface area (Å²) < 4.78 is 11.4. The van der Waals surface area contributed by atoms with Crippen molar-refractivity contribution in [1.82, 2.24) is 0 Å². The fourth-order valence-electron chi connectivity index (χ4n) is 2.30. The van der Waals surface area contributed by atoms with Gasteiger partial charge in [-0.25, -0.2) is 0 Å². The van der Waals surface area contributed by atoms with Crippen molar-refractivity contribution < 1.29 is 13.9 Å². The lowest BCUT2D eigenvalue weighted by molar-refractivity contribution is 0.104. The topological polar surface area (TPSA) is 39.4 Å². The molecular formula is C21H17ClO3. The fourth-order valence-corrected chi connectivity index (χ4v) is 2.42. The average Bonchev–Trinajstić information content (AvgIpc) is 3.07. The minimum Gasteiger partial charge on any atom is -0.485 e. The quantitative estimate of drug-likeness (QED) is 0.421. The Kier molecular flexibility index (Phi) is 5.36. The molecule has 0 N–H and O–H groups in total. The number of carbonyl (C=O) groups excluding carboxylic acids is 1. The molecule has 0 spiro atoms. The van der Waals surface area contributed by atoms with Crippen molar-refractivity contribution in [1.29, 1.82) is 0 Å². The molecule has 0 saturated heterocycles. The first-order chi connectivity index (χ1) is 12.1. The van der Waals surface area contributed by atoms with E-state index in [1.54, 1.807) is 30.3 Å². The first-order valence-electron chi connectivity index (χ1n) is 7.87. The number of para-hydroxylation sites is 1. The van der Waals surface area contributed by atoms with Gasteiger partial charge in [-0.15, -0.1) is 0 Å². The molecular weight excluding hydrogens is 336 g/mol. The summed E-state index contributed by atoms with van der Waals surface area (Å²) in [4.78, 5) is 12.1. The van der Waals surface area contributed by atoms with E-state index < -0.39 is 0 Å². The van der Waals surface area contributed by atoms with Crippen LogP contribution in [0.4, 0.5) is 0 Å². The van der Waals surface area contributed by atoms with E-state index in [1.165, 1.54) is 6.08 Å². The van der Waals surface area contributed by atoms with Crippen LogP contribution in [0.5, 0.6) is 5.75 Å². The molecule has 0 amide bonds. The van der Waals surface area contributed by atoms with Gasteiger partial charge in [-0.05, 0) is 67.1 Å². The van der Waals surface area contributed by atoms with Crippen molar-refractivity contribution in [2.75, 3.05) is 0 Å². The molecule has 1 heterocycles. The smallest absolute Gasteiger partial charge is 0.185 e. The monoisotopic (exact) mass is 352 g/mol. The maximum Gasteiger partial charge on any atom is 0.185 e. The van der Waals surface area contributed by atoms with E-state index in [2.05, 4.69) is 0 Å². The molecule has 0 radical (unpaired) electrons. The maximum absolute atomic E-state index is 12.1. The molecule has 126 valence electrons. The Bertz CT molecular complexity index is 892. The highest BCUT2D eigenvalue weighted by Crippen LogP contribution is 2.19. The van der Waals surface area contributed by atoms with Crippen LogP contribution in [0, 0.1) is 6.92 Å². The third kappa shape index (κ3) is 4.61. The Morgan fingerprint density at radius 3 is 2.60 bits per heavy atom. The van der Waals surface area contributed by atoms with Crippen LogP contribution in [0.1, 0.15) is 27.4 Å². The third-order valence-corrected chi connectivity index (χ3v) is 3.93. The second-order valence-electron chi connectivity index (χ2n) is 5.56. The minimum absolute atomic E-state index is 0.106. The number of hydrogen-bond acceptors (Lipinski definition) is 3. The molecule has 0 saturated carbocycles. The van der Waals surface area contributed by atoms with Gasteiger partial charge in [0.05, 0.1) is 0 Å². The zero-order chi connectivity index (χ0) is 17.6. The molecule has 2 aromatic carbocycles. The molecule has 4 heteroatoms. The van der Waals surface area contributed by atoms with Gasteiger partial charge < -0.3 is 9.15 Å². The number of carbonyl (C=O) groups is 1. The van der Waals surface area contributed by atoms with Crippen molar-refractivity contribution in [3.63, 3.8) is 0 Å². The third-order valence-electron chi connectivity index (χ3n) is 3.67. The SMILES string of the molecule is Cc1ccccc1OCc1ccc(/C=C/C(=O)c2ccc(Cl)cc2)o1. The van der Waals surface area contributed by atoms with Gasteiger partial charge in [0.1, 0.15) is 23.9 Å². The lowest BCUT2D eigenvalue weighted by atomic mass is 10.1. The molecule has 0 aliphatic heterocycles. The summed E-state index contributed by atoms with van der Waals surface area (Å²) in [5, 5.41) is 0.602. The molecule has 0 fully saturated rings. The second kappa shape index (κ2) is 7.86. The predicted molar refractivity (Wildman–Crippen MR) is 99.0 cm³/mol. The van der Waals surface area contributed by atoms with Crippen LogP contribution < -0.4 is 4.74 Å². The van der Waals surface area contributed by atoms with E-state index in [0.717, 1.165) is 11.3 Å². The molecule has 3 rings (SSSR count). The zero-order valence-corrected chi connectivity index (χ0v) is 14.5. The van der Waals surface area contributed by atoms with E-state index in [0.29, 0.717) is 28.7 Å². The summed E-state index contributed by atoms with van der Waals surface area (Å²) in [6.07, 6.45) is 3.13. The molecule has 3 aromatic rings. The molecule has 0 aliphatic rings. The molecule has 1 aromatic heterocycles. The lowest BCUT2D eigenvalue weighted by Crippen LogP contribution is -1.95. The van der Waals surface area contributed by atoms with Crippen LogP contribution in [-0.4, -0.2) is 5.78 Å². The van der Waals surface area contributed by atoms with E-state index >= 15 is 0 Å². The number of furan rings is 1. The van der Waals surface area contributed by atoms with Crippen LogP contribution in [0.2, 0.25) is 5.02 Å². The zero-order valence-electron chi connectivity index (χ0n) is 13.7. The standard InChI is InChI=1S/C21H17ClO3/c1-15-4-2-3-5-21(15)24-14-19-11-10-18(25-19)12-13-20(23)16-6-8-17(22)9-7-16/h2-13H,14H2,1H3/b13-12+. The number of ether oxygens (including phenoxy) is 1. The van der Waals surface area contributed by atoms with Gasteiger partial charge in [0.2, 0.25) is 0 Å². The highest BCUT2D eigenvalue weighted by Gasteiger charge is 2.05. The number of benzene rings is 2. The second-order valence-corrected chi connectivity index (χ2v) is 6.00. The summed E-state index contributed by atoms with van der Waals surface area (Å²) in [6.45, 7) is 2.33. The van der Waals surface area contributed by atoms with Crippen molar-refractivity contribution in [3.05, 3.63) is 94.4 Å². The van der Waals surface area contributed by atoms with E-state index in [1.807, 2.05) is 43.3 Å². The first-order valence-corrected chi connectivity index (χ1v) is 8.25. The van der Waals surface area contributed by atoms with Gasteiger partial charge >= 0.3 is 0 Å². The predicted octanol–water partition coefficient (Wildman–Crippen LogP) is 5.72. The Balaban J connectivity index is 1.60. The van der Waals surface area contributed by atoms with Crippen LogP contribution in [0.25, 0.3) is 6.08 Å². The van der Waals surface area contributed by atoms with Gasteiger partial charge in [-0.1, -0.05) is 29.8 Å². The number of rotatable bonds is 6. The first kappa shape index (κ1) is 17.1. The largest absolute Gasteiger partial charge is 0.485 e. The number of hydrogen-bond donors (Lipinski definition) is 0. The highest BCUT2D eigenvalue weighted by molar-refractivity contribution is 6.30. The number of halogens is 1. The molecule has 0 aliphatic carbocycles.